The van der Waals surface area contributed by atoms with Gasteiger partial charge in [-0.2, -0.15) is 10.2 Å². The van der Waals surface area contributed by atoms with Gasteiger partial charge in [0.15, 0.2) is 0 Å². The molecule has 8 rings (SSSR count). The van der Waals surface area contributed by atoms with E-state index in [1.807, 2.05) is 0 Å². The third kappa shape index (κ3) is 4.20. The van der Waals surface area contributed by atoms with Crippen LogP contribution in [0.3, 0.4) is 0 Å². The summed E-state index contributed by atoms with van der Waals surface area (Å²) in [5.74, 6) is 7.34. The van der Waals surface area contributed by atoms with Crippen molar-refractivity contribution in [2.75, 3.05) is 0 Å². The van der Waals surface area contributed by atoms with E-state index in [0.717, 1.165) is 73.0 Å². The molecule has 0 aromatic rings. The summed E-state index contributed by atoms with van der Waals surface area (Å²) in [6, 6.07) is 0. The van der Waals surface area contributed by atoms with E-state index in [4.69, 9.17) is 10.2 Å². The molecular weight excluding hydrogens is 540 g/mol. The van der Waals surface area contributed by atoms with Gasteiger partial charge in [0.1, 0.15) is 0 Å². The van der Waals surface area contributed by atoms with Crippen LogP contribution < -0.4 is 0 Å². The van der Waals surface area contributed by atoms with Crippen LogP contribution in [0.5, 0.6) is 0 Å². The highest BCUT2D eigenvalue weighted by Gasteiger charge is 2.62. The number of rotatable bonds is 1. The van der Waals surface area contributed by atoms with Gasteiger partial charge in [-0.05, 0) is 184 Å². The normalized spacial score (nSPS) is 60.2. The lowest BCUT2D eigenvalue weighted by atomic mass is 9.44. The molecule has 0 aliphatic heterocycles. The van der Waals surface area contributed by atoms with Gasteiger partial charge >= 0.3 is 0 Å². The Kier molecular flexibility index (Phi) is 7.21. The number of fused-ring (bicyclic) bond motifs is 10. The summed E-state index contributed by atoms with van der Waals surface area (Å²) >= 11 is 0. The van der Waals surface area contributed by atoms with Crippen molar-refractivity contribution in [1.82, 2.24) is 0 Å². The molecule has 0 saturated heterocycles. The van der Waals surface area contributed by atoms with Gasteiger partial charge in [0, 0.05) is 11.4 Å². The highest BCUT2D eigenvalue weighted by Crippen LogP contribution is 2.68. The first kappa shape index (κ1) is 30.6. The van der Waals surface area contributed by atoms with Crippen LogP contribution in [-0.4, -0.2) is 33.8 Å². The van der Waals surface area contributed by atoms with Crippen molar-refractivity contribution in [2.45, 2.75) is 156 Å². The predicted molar refractivity (Wildman–Crippen MR) is 179 cm³/mol. The fraction of sp³-hybridized carbons (Fsp3) is 0.950. The molecule has 8 fully saturated rings. The van der Waals surface area contributed by atoms with Gasteiger partial charge in [0.2, 0.25) is 0 Å². The molecule has 0 radical (unpaired) electrons. The average Bonchev–Trinajstić information content (AvgIpc) is 3.46. The minimum absolute atomic E-state index is 0.0722. The quantitative estimate of drug-likeness (QED) is 0.293. The molecule has 8 aliphatic carbocycles. The summed E-state index contributed by atoms with van der Waals surface area (Å²) in [5, 5.41) is 32.1. The molecule has 0 unspecified atom stereocenters. The van der Waals surface area contributed by atoms with Crippen LogP contribution in [0.25, 0.3) is 0 Å². The van der Waals surface area contributed by atoms with E-state index in [9.17, 15) is 10.2 Å². The molecule has 16 atom stereocenters. The van der Waals surface area contributed by atoms with Crippen molar-refractivity contribution < 1.29 is 10.2 Å². The molecule has 8 aliphatic rings. The van der Waals surface area contributed by atoms with Gasteiger partial charge in [-0.1, -0.05) is 41.5 Å². The molecule has 0 amide bonds. The zero-order chi connectivity index (χ0) is 30.8. The van der Waals surface area contributed by atoms with Gasteiger partial charge in [-0.15, -0.1) is 0 Å². The zero-order valence-corrected chi connectivity index (χ0v) is 29.0. The number of hydrogen-bond acceptors (Lipinski definition) is 4. The highest BCUT2D eigenvalue weighted by atomic mass is 16.3. The first-order valence-electron chi connectivity index (χ1n) is 19.4. The van der Waals surface area contributed by atoms with Crippen molar-refractivity contribution in [1.29, 1.82) is 0 Å². The molecule has 8 saturated carbocycles. The third-order valence-electron chi connectivity index (χ3n) is 17.9. The molecule has 4 heteroatoms. The molecule has 0 aromatic heterocycles. The van der Waals surface area contributed by atoms with Crippen molar-refractivity contribution in [3.05, 3.63) is 0 Å². The summed E-state index contributed by atoms with van der Waals surface area (Å²) in [6.45, 7) is 15.1. The third-order valence-corrected chi connectivity index (χ3v) is 17.9. The molecular formula is C40H64N2O2. The fourth-order valence-corrected chi connectivity index (χ4v) is 15.2. The lowest BCUT2D eigenvalue weighted by Crippen LogP contribution is -2.55. The smallest absolute Gasteiger partial charge is 0.0596 e. The summed E-state index contributed by atoms with van der Waals surface area (Å²) in [5.41, 5.74) is 3.99. The Morgan fingerprint density at radius 2 is 0.886 bits per heavy atom. The summed E-state index contributed by atoms with van der Waals surface area (Å²) in [6.07, 6.45) is 19.8. The Morgan fingerprint density at radius 1 is 0.500 bits per heavy atom. The maximum atomic E-state index is 10.9. The number of hydrogen-bond donors (Lipinski definition) is 2. The Hall–Kier alpha value is -0.740. The van der Waals surface area contributed by atoms with Crippen molar-refractivity contribution in [3.63, 3.8) is 0 Å². The number of aliphatic hydroxyl groups is 2. The van der Waals surface area contributed by atoms with Crippen LogP contribution in [0.4, 0.5) is 0 Å². The standard InChI is InChI=1S/C40H64N2O2/c1-23-21-39(5)25(7-9-27-29-11-13-35(43)37(29,3)17-15-31(27)39)19-33(23)41-42-34-20-26-8-10-28-30-12-14-36(44)38(30,4)18-16-32(28)40(26,6)22-24(34)2/h23-32,35-36,43-44H,7-22H2,1-6H3/b41-33-,42-34+/t23-,24-,25+,26-,27-,28+,29-,30-,31-,32-,35-,36-,37-,38-,39-,40-/m0/s1. The van der Waals surface area contributed by atoms with Crippen LogP contribution in [0.15, 0.2) is 10.2 Å². The maximum Gasteiger partial charge on any atom is 0.0596 e. The van der Waals surface area contributed by atoms with E-state index in [0.29, 0.717) is 22.7 Å². The fourth-order valence-electron chi connectivity index (χ4n) is 15.2. The lowest BCUT2D eigenvalue weighted by molar-refractivity contribution is -0.116. The Balaban J connectivity index is 0.970. The van der Waals surface area contributed by atoms with Crippen LogP contribution in [-0.2, 0) is 0 Å². The minimum atomic E-state index is -0.0722. The summed E-state index contributed by atoms with van der Waals surface area (Å²) in [4.78, 5) is 0. The second-order valence-electron chi connectivity index (χ2n) is 19.4. The van der Waals surface area contributed by atoms with E-state index in [-0.39, 0.29) is 23.0 Å². The van der Waals surface area contributed by atoms with E-state index < -0.39 is 0 Å². The highest BCUT2D eigenvalue weighted by molar-refractivity contribution is 5.91. The van der Waals surface area contributed by atoms with E-state index in [1.165, 1.54) is 88.5 Å². The molecule has 2 N–H and O–H groups in total. The summed E-state index contributed by atoms with van der Waals surface area (Å²) < 4.78 is 0. The lowest BCUT2D eigenvalue weighted by Gasteiger charge is -2.61. The summed E-state index contributed by atoms with van der Waals surface area (Å²) in [7, 11) is 0. The minimum Gasteiger partial charge on any atom is -0.393 e. The van der Waals surface area contributed by atoms with Crippen molar-refractivity contribution in [2.24, 2.45) is 91.0 Å². The van der Waals surface area contributed by atoms with Crippen LogP contribution >= 0.6 is 0 Å². The van der Waals surface area contributed by atoms with Crippen LogP contribution in [0.1, 0.15) is 144 Å². The largest absolute Gasteiger partial charge is 0.393 e. The molecule has 246 valence electrons. The molecule has 44 heavy (non-hydrogen) atoms. The first-order valence-corrected chi connectivity index (χ1v) is 19.4. The van der Waals surface area contributed by atoms with Gasteiger partial charge in [0.25, 0.3) is 0 Å². The molecule has 0 bridgehead atoms. The SMILES string of the molecule is C[C@H]1C[C@@]2(C)[C@H](CC[C@@H]3[C@@H]2CC[C@]2(C)[C@@H](O)CC[C@@H]32)C/C1=N/N=C1\C[C@@H]2CC[C@H]3[C@H](CC[C@]4(C)[C@@H](O)CC[C@@H]34)[C@@]2(C)C[C@@H]1C. The maximum absolute atomic E-state index is 10.9. The van der Waals surface area contributed by atoms with E-state index >= 15 is 0 Å². The monoisotopic (exact) mass is 604 g/mol. The zero-order valence-electron chi connectivity index (χ0n) is 29.0. The first-order chi connectivity index (χ1) is 20.9. The van der Waals surface area contributed by atoms with Gasteiger partial charge in [-0.25, -0.2) is 0 Å². The van der Waals surface area contributed by atoms with E-state index in [2.05, 4.69) is 41.5 Å². The van der Waals surface area contributed by atoms with Crippen molar-refractivity contribution >= 4 is 11.4 Å². The Morgan fingerprint density at radius 3 is 1.30 bits per heavy atom. The second kappa shape index (κ2) is 10.4. The van der Waals surface area contributed by atoms with Gasteiger partial charge in [0.05, 0.1) is 12.2 Å². The number of aliphatic hydroxyl groups excluding tert-OH is 2. The van der Waals surface area contributed by atoms with Crippen molar-refractivity contribution in [3.8, 4) is 0 Å². The van der Waals surface area contributed by atoms with Crippen LogP contribution in [0.2, 0.25) is 0 Å². The molecule has 0 heterocycles. The molecule has 0 aromatic carbocycles. The predicted octanol–water partition coefficient (Wildman–Crippen LogP) is 9.08. The van der Waals surface area contributed by atoms with E-state index in [1.54, 1.807) is 0 Å². The second-order valence-corrected chi connectivity index (χ2v) is 19.4. The average molecular weight is 605 g/mol. The number of nitrogens with zero attached hydrogens (tertiary/aromatic N) is 2. The molecule has 0 spiro atoms. The Labute approximate surface area is 268 Å². The molecule has 4 nitrogen and oxygen atoms in total. The Bertz CT molecular complexity index is 1120. The van der Waals surface area contributed by atoms with Crippen LogP contribution in [0, 0.1) is 80.8 Å². The topological polar surface area (TPSA) is 65.2 Å². The van der Waals surface area contributed by atoms with Gasteiger partial charge in [-0.3, -0.25) is 0 Å². The van der Waals surface area contributed by atoms with Gasteiger partial charge < -0.3 is 10.2 Å².